The van der Waals surface area contributed by atoms with Crippen LogP contribution in [0.5, 0.6) is 0 Å². The summed E-state index contributed by atoms with van der Waals surface area (Å²) in [6, 6.07) is 0. The van der Waals surface area contributed by atoms with Crippen molar-refractivity contribution < 1.29 is 14.7 Å². The number of nitrogens with one attached hydrogen (secondary N) is 3. The SMILES string of the molecule is C=C(Cl)/C=C(C)\C(=C/C)NC.C=C(NC=O)NC(=NCCCC)C(=O)O. The molecule has 7 nitrogen and oxygen atoms in total. The van der Waals surface area contributed by atoms with Gasteiger partial charge in [0, 0.05) is 24.3 Å². The van der Waals surface area contributed by atoms with Crippen molar-refractivity contribution in [3.05, 3.63) is 47.4 Å². The third kappa shape index (κ3) is 13.9. The lowest BCUT2D eigenvalue weighted by Gasteiger charge is -2.07. The number of rotatable bonds is 9. The van der Waals surface area contributed by atoms with E-state index in [2.05, 4.69) is 34.1 Å². The summed E-state index contributed by atoms with van der Waals surface area (Å²) in [5, 5.41) is 16.9. The Hall–Kier alpha value is -2.54. The first-order valence-electron chi connectivity index (χ1n) is 8.04. The van der Waals surface area contributed by atoms with Crippen molar-refractivity contribution in [2.75, 3.05) is 13.6 Å². The monoisotopic (exact) mass is 384 g/mol. The number of carbonyl (C=O) groups is 2. The van der Waals surface area contributed by atoms with Crippen LogP contribution in [0.3, 0.4) is 0 Å². The first-order valence-corrected chi connectivity index (χ1v) is 8.42. The summed E-state index contributed by atoms with van der Waals surface area (Å²) < 4.78 is 0. The number of carboxylic acids is 1. The molecule has 0 aromatic heterocycles. The van der Waals surface area contributed by atoms with Gasteiger partial charge in [-0.05, 0) is 31.9 Å². The van der Waals surface area contributed by atoms with E-state index in [1.165, 1.54) is 0 Å². The van der Waals surface area contributed by atoms with E-state index in [-0.39, 0.29) is 11.7 Å². The molecule has 26 heavy (non-hydrogen) atoms. The lowest BCUT2D eigenvalue weighted by Crippen LogP contribution is -2.35. The molecule has 0 aliphatic heterocycles. The minimum Gasteiger partial charge on any atom is -0.475 e. The average Bonchev–Trinajstić information content (AvgIpc) is 2.55. The number of allylic oxidation sites excluding steroid dienone is 4. The average molecular weight is 385 g/mol. The van der Waals surface area contributed by atoms with Crippen LogP contribution in [0.4, 0.5) is 0 Å². The highest BCUT2D eigenvalue weighted by Crippen LogP contribution is 2.10. The molecule has 1 amide bonds. The molecule has 0 spiro atoms. The molecule has 0 atom stereocenters. The summed E-state index contributed by atoms with van der Waals surface area (Å²) in [5.74, 6) is -1.31. The molecule has 4 N–H and O–H groups in total. The molecule has 146 valence electrons. The van der Waals surface area contributed by atoms with Gasteiger partial charge in [0.15, 0.2) is 0 Å². The fourth-order valence-electron chi connectivity index (χ4n) is 1.64. The minimum atomic E-state index is -1.18. The second-order valence-electron chi connectivity index (χ2n) is 4.98. The zero-order valence-corrected chi connectivity index (χ0v) is 16.6. The molecule has 0 aliphatic carbocycles. The van der Waals surface area contributed by atoms with Crippen LogP contribution in [-0.2, 0) is 9.59 Å². The number of amides is 1. The highest BCUT2D eigenvalue weighted by molar-refractivity contribution is 6.34. The van der Waals surface area contributed by atoms with Crippen molar-refractivity contribution in [3.8, 4) is 0 Å². The topological polar surface area (TPSA) is 103 Å². The number of carboxylic acid groups (broad SMARTS) is 1. The molecule has 0 aromatic carbocycles. The molecule has 0 bridgehead atoms. The van der Waals surface area contributed by atoms with Crippen LogP contribution >= 0.6 is 11.6 Å². The molecule has 0 rings (SSSR count). The summed E-state index contributed by atoms with van der Waals surface area (Å²) >= 11 is 5.60. The highest BCUT2D eigenvalue weighted by Gasteiger charge is 2.08. The van der Waals surface area contributed by atoms with Gasteiger partial charge in [-0.1, -0.05) is 44.2 Å². The van der Waals surface area contributed by atoms with Gasteiger partial charge in [-0.25, -0.2) is 4.79 Å². The first-order chi connectivity index (χ1) is 12.2. The van der Waals surface area contributed by atoms with E-state index in [4.69, 9.17) is 16.7 Å². The number of halogens is 1. The Labute approximate surface area is 160 Å². The second kappa shape index (κ2) is 16.0. The maximum absolute atomic E-state index is 10.7. The van der Waals surface area contributed by atoms with Crippen LogP contribution in [0, 0.1) is 0 Å². The Balaban J connectivity index is 0. The molecule has 0 aromatic rings. The number of likely N-dealkylation sites (N-methyl/N-ethyl adjacent to an activating group) is 1. The number of aliphatic carboxylic acids is 1. The molecule has 0 saturated heterocycles. The molecule has 8 heteroatoms. The maximum Gasteiger partial charge on any atom is 0.371 e. The largest absolute Gasteiger partial charge is 0.475 e. The van der Waals surface area contributed by atoms with E-state index in [1.807, 2.05) is 40.0 Å². The normalized spacial score (nSPS) is 11.7. The predicted octanol–water partition coefficient (Wildman–Crippen LogP) is 2.88. The lowest BCUT2D eigenvalue weighted by atomic mass is 10.2. The number of hydrogen-bond donors (Lipinski definition) is 4. The number of unbranched alkanes of at least 4 members (excludes halogenated alkanes) is 1. The fourth-order valence-corrected chi connectivity index (χ4v) is 1.81. The third-order valence-electron chi connectivity index (χ3n) is 2.84. The Bertz CT molecular complexity index is 581. The summed E-state index contributed by atoms with van der Waals surface area (Å²) in [6.45, 7) is 13.3. The van der Waals surface area contributed by atoms with Gasteiger partial charge in [-0.3, -0.25) is 9.79 Å². The Kier molecular flexibility index (Phi) is 15.8. The van der Waals surface area contributed by atoms with Gasteiger partial charge in [0.1, 0.15) is 5.82 Å². The van der Waals surface area contributed by atoms with Crippen LogP contribution in [0.25, 0.3) is 0 Å². The molecular weight excluding hydrogens is 356 g/mol. The van der Waals surface area contributed by atoms with Crippen LogP contribution < -0.4 is 16.0 Å². The van der Waals surface area contributed by atoms with Crippen molar-refractivity contribution in [1.29, 1.82) is 0 Å². The van der Waals surface area contributed by atoms with Crippen molar-refractivity contribution >= 4 is 29.8 Å². The number of nitrogens with zero attached hydrogens (tertiary/aromatic N) is 1. The number of aliphatic imine (C=N–C) groups is 1. The van der Waals surface area contributed by atoms with Gasteiger partial charge in [0.2, 0.25) is 12.2 Å². The van der Waals surface area contributed by atoms with E-state index < -0.39 is 5.97 Å². The molecule has 0 saturated carbocycles. The number of carbonyl (C=O) groups excluding carboxylic acids is 1. The highest BCUT2D eigenvalue weighted by atomic mass is 35.5. The van der Waals surface area contributed by atoms with Crippen LogP contribution in [0.2, 0.25) is 0 Å². The number of amidine groups is 1. The van der Waals surface area contributed by atoms with Crippen molar-refractivity contribution in [3.63, 3.8) is 0 Å². The van der Waals surface area contributed by atoms with E-state index >= 15 is 0 Å². The van der Waals surface area contributed by atoms with Gasteiger partial charge in [0.25, 0.3) is 0 Å². The number of hydrogen-bond acceptors (Lipinski definition) is 4. The predicted molar refractivity (Wildman–Crippen MR) is 108 cm³/mol. The summed E-state index contributed by atoms with van der Waals surface area (Å²) in [4.78, 5) is 24.5. The molecule has 0 unspecified atom stereocenters. The summed E-state index contributed by atoms with van der Waals surface area (Å²) in [5.41, 5.74) is 2.17. The molecule has 0 heterocycles. The van der Waals surface area contributed by atoms with E-state index in [9.17, 15) is 9.59 Å². The molecule has 0 aliphatic rings. The van der Waals surface area contributed by atoms with Gasteiger partial charge >= 0.3 is 5.97 Å². The standard InChI is InChI=1S/C9H14ClN.C9H15N3O3/c1-5-9(11-4)7(2)6-8(3)10;1-3-4-5-10-8(9(14)15)12-7(2)11-6-13/h5-6,11H,3H2,1-2,4H3;6H,2-5H2,1H3,(H,10,12)(H,11,13)(H,14,15)/b7-6-,9-5+;. The van der Waals surface area contributed by atoms with Crippen molar-refractivity contribution in [1.82, 2.24) is 16.0 Å². The van der Waals surface area contributed by atoms with E-state index in [0.29, 0.717) is 18.0 Å². The van der Waals surface area contributed by atoms with Crippen molar-refractivity contribution in [2.45, 2.75) is 33.6 Å². The van der Waals surface area contributed by atoms with Crippen LogP contribution in [0.15, 0.2) is 52.4 Å². The van der Waals surface area contributed by atoms with E-state index in [0.717, 1.165) is 24.1 Å². The van der Waals surface area contributed by atoms with Gasteiger partial charge < -0.3 is 21.1 Å². The zero-order valence-electron chi connectivity index (χ0n) is 15.9. The van der Waals surface area contributed by atoms with E-state index in [1.54, 1.807) is 0 Å². The van der Waals surface area contributed by atoms with Gasteiger partial charge in [-0.15, -0.1) is 0 Å². The molecular formula is C18H29ClN4O3. The maximum atomic E-state index is 10.7. The Morgan fingerprint density at radius 1 is 1.35 bits per heavy atom. The first kappa shape index (κ1) is 25.7. The van der Waals surface area contributed by atoms with Gasteiger partial charge in [-0.2, -0.15) is 0 Å². The lowest BCUT2D eigenvalue weighted by molar-refractivity contribution is -0.129. The van der Waals surface area contributed by atoms with Gasteiger partial charge in [0.05, 0.1) is 0 Å². The Morgan fingerprint density at radius 2 is 1.96 bits per heavy atom. The smallest absolute Gasteiger partial charge is 0.371 e. The third-order valence-corrected chi connectivity index (χ3v) is 2.95. The second-order valence-corrected chi connectivity index (χ2v) is 5.47. The quantitative estimate of drug-likeness (QED) is 0.161. The summed E-state index contributed by atoms with van der Waals surface area (Å²) in [7, 11) is 1.88. The van der Waals surface area contributed by atoms with Crippen LogP contribution in [0.1, 0.15) is 33.6 Å². The molecule has 0 radical (unpaired) electrons. The van der Waals surface area contributed by atoms with Crippen LogP contribution in [-0.4, -0.2) is 36.9 Å². The summed E-state index contributed by atoms with van der Waals surface area (Å²) in [6.07, 6.45) is 5.97. The Morgan fingerprint density at radius 3 is 2.35 bits per heavy atom. The minimum absolute atomic E-state index is 0.0858. The zero-order chi connectivity index (χ0) is 20.5. The molecule has 0 fully saturated rings. The fraction of sp³-hybridized carbons (Fsp3) is 0.389. The van der Waals surface area contributed by atoms with Crippen molar-refractivity contribution in [2.24, 2.45) is 4.99 Å².